The van der Waals surface area contributed by atoms with E-state index in [1.807, 2.05) is 30.3 Å². The summed E-state index contributed by atoms with van der Waals surface area (Å²) in [7, 11) is 0. The molecule has 3 aromatic rings. The van der Waals surface area contributed by atoms with E-state index in [1.54, 1.807) is 15.7 Å². The van der Waals surface area contributed by atoms with Crippen LogP contribution in [0.1, 0.15) is 0 Å². The Hall–Kier alpha value is -1.32. The maximum Gasteiger partial charge on any atom is 0.134 e. The standard InChI is InChI=1S/C14H8BrClFN/c15-18-12-7-2-1-4-9(12)8-13(18)14-10(16)5-3-6-11(14)17/h1-8H. The molecular formula is C14H8BrClFN. The first-order valence-corrected chi connectivity index (χ1v) is 6.48. The van der Waals surface area contributed by atoms with Gasteiger partial charge >= 0.3 is 0 Å². The van der Waals surface area contributed by atoms with Crippen molar-refractivity contribution in [2.24, 2.45) is 0 Å². The predicted molar refractivity (Wildman–Crippen MR) is 76.7 cm³/mol. The van der Waals surface area contributed by atoms with Crippen LogP contribution in [0.25, 0.3) is 22.2 Å². The average Bonchev–Trinajstić information content (AvgIpc) is 2.68. The third kappa shape index (κ3) is 1.74. The number of halogens is 3. The second-order valence-corrected chi connectivity index (χ2v) is 5.08. The first kappa shape index (κ1) is 11.8. The van der Waals surface area contributed by atoms with Crippen LogP contribution < -0.4 is 0 Å². The van der Waals surface area contributed by atoms with Gasteiger partial charge in [-0.25, -0.2) is 4.39 Å². The SMILES string of the molecule is Fc1cccc(Cl)c1-c1cc2ccccc2n1Br. The van der Waals surface area contributed by atoms with Crippen LogP contribution in [0.5, 0.6) is 0 Å². The normalized spacial score (nSPS) is 11.1. The summed E-state index contributed by atoms with van der Waals surface area (Å²) >= 11 is 9.54. The zero-order valence-corrected chi connectivity index (χ0v) is 11.5. The Morgan fingerprint density at radius 2 is 1.83 bits per heavy atom. The fraction of sp³-hybridized carbons (Fsp3) is 0. The fourth-order valence-corrected chi connectivity index (χ4v) is 2.90. The topological polar surface area (TPSA) is 4.93 Å². The lowest BCUT2D eigenvalue weighted by Crippen LogP contribution is -1.89. The Bertz CT molecular complexity index is 715. The average molecular weight is 325 g/mol. The summed E-state index contributed by atoms with van der Waals surface area (Å²) in [6, 6.07) is 14.4. The molecule has 0 radical (unpaired) electrons. The maximum atomic E-state index is 13.9. The number of rotatable bonds is 1. The molecule has 0 aliphatic rings. The van der Waals surface area contributed by atoms with Gasteiger partial charge in [-0.2, -0.15) is 0 Å². The number of hydrogen-bond acceptors (Lipinski definition) is 0. The highest BCUT2D eigenvalue weighted by atomic mass is 79.9. The summed E-state index contributed by atoms with van der Waals surface area (Å²) in [5.74, 6) is -0.328. The van der Waals surface area contributed by atoms with E-state index in [9.17, 15) is 4.39 Å². The third-order valence-corrected chi connectivity index (χ3v) is 3.95. The first-order chi connectivity index (χ1) is 8.68. The van der Waals surface area contributed by atoms with Gasteiger partial charge in [-0.3, -0.25) is 3.59 Å². The van der Waals surface area contributed by atoms with Crippen LogP contribution in [0.3, 0.4) is 0 Å². The minimum Gasteiger partial charge on any atom is -0.276 e. The molecule has 1 heterocycles. The number of para-hydroxylation sites is 1. The number of nitrogens with zero attached hydrogens (tertiary/aromatic N) is 1. The lowest BCUT2D eigenvalue weighted by molar-refractivity contribution is 0.631. The molecule has 0 unspecified atom stereocenters. The second-order valence-electron chi connectivity index (χ2n) is 3.97. The summed E-state index contributed by atoms with van der Waals surface area (Å²) in [6.45, 7) is 0. The monoisotopic (exact) mass is 323 g/mol. The number of aromatic nitrogens is 1. The molecular weight excluding hydrogens is 317 g/mol. The van der Waals surface area contributed by atoms with E-state index in [-0.39, 0.29) is 5.82 Å². The van der Waals surface area contributed by atoms with Crippen molar-refractivity contribution in [2.45, 2.75) is 0 Å². The molecule has 90 valence electrons. The van der Waals surface area contributed by atoms with Crippen molar-refractivity contribution in [1.82, 2.24) is 3.59 Å². The van der Waals surface area contributed by atoms with E-state index in [2.05, 4.69) is 16.1 Å². The van der Waals surface area contributed by atoms with E-state index in [0.717, 1.165) is 10.9 Å². The molecule has 0 aliphatic carbocycles. The van der Waals surface area contributed by atoms with E-state index >= 15 is 0 Å². The second kappa shape index (κ2) is 4.41. The summed E-state index contributed by atoms with van der Waals surface area (Å²) < 4.78 is 15.7. The number of hydrogen-bond donors (Lipinski definition) is 0. The number of benzene rings is 2. The molecule has 1 nitrogen and oxygen atoms in total. The minimum atomic E-state index is -0.328. The summed E-state index contributed by atoms with van der Waals surface area (Å²) in [6.07, 6.45) is 0. The highest BCUT2D eigenvalue weighted by Crippen LogP contribution is 2.35. The van der Waals surface area contributed by atoms with Gasteiger partial charge in [0.15, 0.2) is 0 Å². The molecule has 0 saturated carbocycles. The molecule has 0 aliphatic heterocycles. The van der Waals surface area contributed by atoms with Gasteiger partial charge < -0.3 is 0 Å². The molecule has 0 N–H and O–H groups in total. The van der Waals surface area contributed by atoms with E-state index < -0.39 is 0 Å². The summed E-state index contributed by atoms with van der Waals surface area (Å²) in [5, 5.41) is 1.43. The van der Waals surface area contributed by atoms with Gasteiger partial charge in [-0.05, 0) is 24.3 Å². The van der Waals surface area contributed by atoms with Crippen molar-refractivity contribution in [1.29, 1.82) is 0 Å². The molecule has 0 saturated heterocycles. The predicted octanol–water partition coefficient (Wildman–Crippen LogP) is 5.26. The highest BCUT2D eigenvalue weighted by Gasteiger charge is 2.15. The van der Waals surface area contributed by atoms with E-state index in [4.69, 9.17) is 11.6 Å². The van der Waals surface area contributed by atoms with Crippen LogP contribution in [-0.2, 0) is 0 Å². The van der Waals surface area contributed by atoms with Crippen molar-refractivity contribution in [3.63, 3.8) is 0 Å². The van der Waals surface area contributed by atoms with Crippen LogP contribution in [0.15, 0.2) is 48.5 Å². The van der Waals surface area contributed by atoms with Crippen LogP contribution in [0.2, 0.25) is 5.02 Å². The summed E-state index contributed by atoms with van der Waals surface area (Å²) in [4.78, 5) is 0. The Kier molecular flexibility index (Phi) is 2.88. The summed E-state index contributed by atoms with van der Waals surface area (Å²) in [5.41, 5.74) is 2.10. The molecule has 2 aromatic carbocycles. The molecule has 0 spiro atoms. The maximum absolute atomic E-state index is 13.9. The first-order valence-electron chi connectivity index (χ1n) is 5.39. The molecule has 18 heavy (non-hydrogen) atoms. The van der Waals surface area contributed by atoms with Crippen LogP contribution >= 0.6 is 27.7 Å². The van der Waals surface area contributed by atoms with Crippen molar-refractivity contribution in [3.05, 3.63) is 59.4 Å². The van der Waals surface area contributed by atoms with Gasteiger partial charge in [0.1, 0.15) is 5.82 Å². The molecule has 4 heteroatoms. The van der Waals surface area contributed by atoms with E-state index in [1.165, 1.54) is 6.07 Å². The van der Waals surface area contributed by atoms with Crippen molar-refractivity contribution in [3.8, 4) is 11.3 Å². The van der Waals surface area contributed by atoms with Crippen molar-refractivity contribution in [2.75, 3.05) is 0 Å². The van der Waals surface area contributed by atoms with Gasteiger partial charge in [0, 0.05) is 5.39 Å². The number of fused-ring (bicyclic) bond motifs is 1. The lowest BCUT2D eigenvalue weighted by atomic mass is 10.1. The molecule has 3 rings (SSSR count). The lowest BCUT2D eigenvalue weighted by Gasteiger charge is -2.06. The van der Waals surface area contributed by atoms with Crippen LogP contribution in [0, 0.1) is 5.82 Å². The van der Waals surface area contributed by atoms with Gasteiger partial charge in [-0.15, -0.1) is 0 Å². The Labute approximate surface area is 117 Å². The van der Waals surface area contributed by atoms with E-state index in [0.29, 0.717) is 16.3 Å². The zero-order valence-electron chi connectivity index (χ0n) is 9.20. The Morgan fingerprint density at radius 3 is 2.56 bits per heavy atom. The molecule has 0 bridgehead atoms. The zero-order chi connectivity index (χ0) is 12.7. The van der Waals surface area contributed by atoms with Crippen molar-refractivity contribution >= 4 is 38.7 Å². The van der Waals surface area contributed by atoms with Gasteiger partial charge in [0.05, 0.1) is 37.9 Å². The van der Waals surface area contributed by atoms with Gasteiger partial charge in [0.25, 0.3) is 0 Å². The Morgan fingerprint density at radius 1 is 1.06 bits per heavy atom. The van der Waals surface area contributed by atoms with Crippen LogP contribution in [-0.4, -0.2) is 3.59 Å². The molecule has 1 aromatic heterocycles. The minimum absolute atomic E-state index is 0.328. The Balaban J connectivity index is 2.36. The van der Waals surface area contributed by atoms with Crippen molar-refractivity contribution < 1.29 is 4.39 Å². The molecule has 0 fully saturated rings. The van der Waals surface area contributed by atoms with Crippen LogP contribution in [0.4, 0.5) is 4.39 Å². The quantitative estimate of drug-likeness (QED) is 0.575. The molecule has 0 atom stereocenters. The fourth-order valence-electron chi connectivity index (χ4n) is 2.03. The molecule has 0 amide bonds. The van der Waals surface area contributed by atoms with Gasteiger partial charge in [0.2, 0.25) is 0 Å². The third-order valence-electron chi connectivity index (χ3n) is 2.87. The van der Waals surface area contributed by atoms with Gasteiger partial charge in [-0.1, -0.05) is 35.9 Å². The largest absolute Gasteiger partial charge is 0.276 e. The smallest absolute Gasteiger partial charge is 0.134 e. The highest BCUT2D eigenvalue weighted by molar-refractivity contribution is 9.08.